The average Bonchev–Trinajstić information content (AvgIpc) is 3.01. The molecule has 1 aliphatic carbocycles. The van der Waals surface area contributed by atoms with Crippen molar-refractivity contribution in [3.05, 3.63) is 34.9 Å². The number of benzene rings is 1. The number of ether oxygens (including phenoxy) is 1. The Hall–Kier alpha value is -2.08. The second-order valence-electron chi connectivity index (χ2n) is 8.95. The van der Waals surface area contributed by atoms with Crippen molar-refractivity contribution in [1.82, 2.24) is 10.8 Å². The standard InChI is InChI=1S/C21H30N2O4/c1-20(2,3)26-19(25)23-27-18(24)21(4)9-7-16(12-21)14-5-6-17-13-22-10-8-15(17)11-14/h5-6,11,16,22H,7-10,12-13H2,1-4H3,(H,23,25). The van der Waals surface area contributed by atoms with E-state index in [0.29, 0.717) is 5.92 Å². The molecule has 1 aromatic rings. The third-order valence-electron chi connectivity index (χ3n) is 5.45. The van der Waals surface area contributed by atoms with Gasteiger partial charge in [-0.1, -0.05) is 18.2 Å². The monoisotopic (exact) mass is 374 g/mol. The fourth-order valence-electron chi connectivity index (χ4n) is 3.97. The highest BCUT2D eigenvalue weighted by molar-refractivity contribution is 5.78. The summed E-state index contributed by atoms with van der Waals surface area (Å²) in [6.45, 7) is 9.13. The Balaban J connectivity index is 1.58. The van der Waals surface area contributed by atoms with E-state index in [4.69, 9.17) is 9.57 Å². The van der Waals surface area contributed by atoms with Gasteiger partial charge in [0.25, 0.3) is 0 Å². The van der Waals surface area contributed by atoms with Gasteiger partial charge in [0.1, 0.15) is 5.60 Å². The summed E-state index contributed by atoms with van der Waals surface area (Å²) in [6, 6.07) is 6.69. The molecule has 0 bridgehead atoms. The van der Waals surface area contributed by atoms with Crippen LogP contribution in [0.3, 0.4) is 0 Å². The van der Waals surface area contributed by atoms with E-state index in [9.17, 15) is 9.59 Å². The minimum Gasteiger partial charge on any atom is -0.442 e. The summed E-state index contributed by atoms with van der Waals surface area (Å²) >= 11 is 0. The van der Waals surface area contributed by atoms with Crippen LogP contribution in [0.2, 0.25) is 0 Å². The Morgan fingerprint density at radius 2 is 2.04 bits per heavy atom. The maximum Gasteiger partial charge on any atom is 0.441 e. The molecular weight excluding hydrogens is 344 g/mol. The molecule has 0 aromatic heterocycles. The molecule has 2 unspecified atom stereocenters. The predicted octanol–water partition coefficient (Wildman–Crippen LogP) is 3.59. The van der Waals surface area contributed by atoms with E-state index in [1.165, 1.54) is 16.7 Å². The first-order chi connectivity index (χ1) is 12.7. The first-order valence-electron chi connectivity index (χ1n) is 9.69. The molecule has 6 heteroatoms. The van der Waals surface area contributed by atoms with Crippen LogP contribution in [0.5, 0.6) is 0 Å². The molecule has 1 heterocycles. The number of carbonyl (C=O) groups is 2. The van der Waals surface area contributed by atoms with Gasteiger partial charge in [-0.3, -0.25) is 0 Å². The van der Waals surface area contributed by atoms with Crippen LogP contribution in [-0.4, -0.2) is 24.2 Å². The number of carbonyl (C=O) groups excluding carboxylic acids is 2. The summed E-state index contributed by atoms with van der Waals surface area (Å²) in [6.07, 6.45) is 2.70. The maximum atomic E-state index is 12.5. The van der Waals surface area contributed by atoms with Gasteiger partial charge in [-0.25, -0.2) is 9.59 Å². The van der Waals surface area contributed by atoms with Crippen molar-refractivity contribution in [3.63, 3.8) is 0 Å². The van der Waals surface area contributed by atoms with Gasteiger partial charge in [-0.2, -0.15) is 0 Å². The topological polar surface area (TPSA) is 76.7 Å². The summed E-state index contributed by atoms with van der Waals surface area (Å²) in [5, 5.41) is 3.39. The third kappa shape index (κ3) is 4.80. The van der Waals surface area contributed by atoms with Crippen LogP contribution in [0.4, 0.5) is 4.79 Å². The molecule has 3 rings (SSSR count). The first-order valence-corrected chi connectivity index (χ1v) is 9.69. The van der Waals surface area contributed by atoms with E-state index in [-0.39, 0.29) is 0 Å². The van der Waals surface area contributed by atoms with Crippen molar-refractivity contribution in [2.24, 2.45) is 5.41 Å². The van der Waals surface area contributed by atoms with Crippen molar-refractivity contribution >= 4 is 12.1 Å². The zero-order chi connectivity index (χ0) is 19.7. The van der Waals surface area contributed by atoms with E-state index in [1.54, 1.807) is 20.8 Å². The van der Waals surface area contributed by atoms with Crippen LogP contribution in [0.25, 0.3) is 0 Å². The first kappa shape index (κ1) is 19.7. The highest BCUT2D eigenvalue weighted by Gasteiger charge is 2.43. The van der Waals surface area contributed by atoms with Gasteiger partial charge in [0, 0.05) is 6.54 Å². The Labute approximate surface area is 160 Å². The Morgan fingerprint density at radius 3 is 2.78 bits per heavy atom. The molecule has 1 amide bonds. The van der Waals surface area contributed by atoms with Crippen molar-refractivity contribution in [3.8, 4) is 0 Å². The van der Waals surface area contributed by atoms with E-state index in [1.807, 2.05) is 6.92 Å². The fourth-order valence-corrected chi connectivity index (χ4v) is 3.97. The molecule has 0 spiro atoms. The maximum absolute atomic E-state index is 12.5. The van der Waals surface area contributed by atoms with Crippen LogP contribution in [0, 0.1) is 5.41 Å². The molecule has 2 atom stereocenters. The second-order valence-corrected chi connectivity index (χ2v) is 8.95. The lowest BCUT2D eigenvalue weighted by atomic mass is 9.85. The normalized spacial score (nSPS) is 24.8. The lowest BCUT2D eigenvalue weighted by molar-refractivity contribution is -0.161. The summed E-state index contributed by atoms with van der Waals surface area (Å²) in [7, 11) is 0. The summed E-state index contributed by atoms with van der Waals surface area (Å²) in [5.41, 5.74) is 4.96. The quantitative estimate of drug-likeness (QED) is 0.774. The summed E-state index contributed by atoms with van der Waals surface area (Å²) in [4.78, 5) is 29.3. The number of nitrogens with one attached hydrogen (secondary N) is 2. The van der Waals surface area contributed by atoms with Gasteiger partial charge in [-0.15, -0.1) is 5.48 Å². The van der Waals surface area contributed by atoms with Crippen molar-refractivity contribution in [2.75, 3.05) is 6.54 Å². The fraction of sp³-hybridized carbons (Fsp3) is 0.619. The van der Waals surface area contributed by atoms with Gasteiger partial charge in [-0.05, 0) is 82.5 Å². The van der Waals surface area contributed by atoms with Crippen LogP contribution >= 0.6 is 0 Å². The number of hydroxylamine groups is 1. The lowest BCUT2D eigenvalue weighted by Gasteiger charge is -2.24. The van der Waals surface area contributed by atoms with Gasteiger partial charge >= 0.3 is 12.1 Å². The minimum atomic E-state index is -0.753. The molecule has 27 heavy (non-hydrogen) atoms. The molecule has 1 saturated carbocycles. The van der Waals surface area contributed by atoms with Crippen LogP contribution in [0.1, 0.15) is 69.6 Å². The number of hydrogen-bond donors (Lipinski definition) is 2. The predicted molar refractivity (Wildman–Crippen MR) is 102 cm³/mol. The largest absolute Gasteiger partial charge is 0.442 e. The molecule has 1 aliphatic heterocycles. The van der Waals surface area contributed by atoms with E-state index >= 15 is 0 Å². The van der Waals surface area contributed by atoms with Crippen LogP contribution in [-0.2, 0) is 27.3 Å². The van der Waals surface area contributed by atoms with Gasteiger partial charge in [0.2, 0.25) is 0 Å². The van der Waals surface area contributed by atoms with E-state index in [2.05, 4.69) is 29.0 Å². The zero-order valence-electron chi connectivity index (χ0n) is 16.7. The average molecular weight is 374 g/mol. The Morgan fingerprint density at radius 1 is 1.26 bits per heavy atom. The SMILES string of the molecule is CC(C)(C)OC(=O)NOC(=O)C1(C)CCC(c2ccc3c(c2)CCNC3)C1. The number of rotatable bonds is 2. The number of amides is 1. The smallest absolute Gasteiger partial charge is 0.441 e. The van der Waals surface area contributed by atoms with Crippen LogP contribution < -0.4 is 10.8 Å². The summed E-state index contributed by atoms with van der Waals surface area (Å²) in [5.74, 6) is -0.0673. The Bertz CT molecular complexity index is 725. The molecule has 1 fully saturated rings. The van der Waals surface area contributed by atoms with E-state index < -0.39 is 23.1 Å². The van der Waals surface area contributed by atoms with Crippen molar-refractivity contribution < 1.29 is 19.2 Å². The summed E-state index contributed by atoms with van der Waals surface area (Å²) < 4.78 is 5.09. The number of fused-ring (bicyclic) bond motifs is 1. The van der Waals surface area contributed by atoms with Crippen molar-refractivity contribution in [1.29, 1.82) is 0 Å². The van der Waals surface area contributed by atoms with Gasteiger partial charge < -0.3 is 14.9 Å². The number of hydrogen-bond acceptors (Lipinski definition) is 5. The molecule has 2 N–H and O–H groups in total. The van der Waals surface area contributed by atoms with E-state index in [0.717, 1.165) is 38.8 Å². The van der Waals surface area contributed by atoms with Gasteiger partial charge in [0.15, 0.2) is 0 Å². The lowest BCUT2D eigenvalue weighted by Crippen LogP contribution is -2.38. The molecular formula is C21H30N2O4. The molecule has 6 nitrogen and oxygen atoms in total. The molecule has 0 saturated heterocycles. The van der Waals surface area contributed by atoms with Gasteiger partial charge in [0.05, 0.1) is 5.41 Å². The second kappa shape index (κ2) is 7.50. The highest BCUT2D eigenvalue weighted by Crippen LogP contribution is 2.47. The van der Waals surface area contributed by atoms with Crippen LogP contribution in [0.15, 0.2) is 18.2 Å². The Kier molecular flexibility index (Phi) is 5.47. The molecule has 0 radical (unpaired) electrons. The minimum absolute atomic E-state index is 0.337. The molecule has 148 valence electrons. The molecule has 2 aliphatic rings. The third-order valence-corrected chi connectivity index (χ3v) is 5.45. The molecule has 1 aromatic carbocycles. The zero-order valence-corrected chi connectivity index (χ0v) is 16.7. The highest BCUT2D eigenvalue weighted by atomic mass is 16.7. The van der Waals surface area contributed by atoms with Crippen molar-refractivity contribution in [2.45, 2.75) is 71.4 Å².